The molecule has 1 aromatic carbocycles. The fourth-order valence-corrected chi connectivity index (χ4v) is 1.91. The first-order valence-corrected chi connectivity index (χ1v) is 6.56. The van der Waals surface area contributed by atoms with Crippen molar-refractivity contribution in [1.82, 2.24) is 9.78 Å². The number of amides is 1. The standard InChI is InChI=1S/C13H13ClN4O3/c1-9-7-15-17(8-9)5-4-13(19)16-12-6-10(18(20)21)2-3-11(12)14/h2-3,6-8H,4-5H2,1H3,(H,16,19). The summed E-state index contributed by atoms with van der Waals surface area (Å²) >= 11 is 5.91. The average molecular weight is 309 g/mol. The number of aryl methyl sites for hydroxylation is 2. The number of nitrogens with one attached hydrogen (secondary N) is 1. The van der Waals surface area contributed by atoms with Gasteiger partial charge >= 0.3 is 0 Å². The van der Waals surface area contributed by atoms with E-state index in [1.165, 1.54) is 18.2 Å². The number of carbonyl (C=O) groups excluding carboxylic acids is 1. The lowest BCUT2D eigenvalue weighted by Gasteiger charge is -2.07. The first-order valence-electron chi connectivity index (χ1n) is 6.18. The zero-order valence-electron chi connectivity index (χ0n) is 11.2. The Morgan fingerprint density at radius 1 is 1.52 bits per heavy atom. The fourth-order valence-electron chi connectivity index (χ4n) is 1.74. The van der Waals surface area contributed by atoms with Gasteiger partial charge in [0.1, 0.15) is 0 Å². The van der Waals surface area contributed by atoms with E-state index in [1.54, 1.807) is 10.9 Å². The summed E-state index contributed by atoms with van der Waals surface area (Å²) in [6.07, 6.45) is 3.73. The van der Waals surface area contributed by atoms with Gasteiger partial charge in [0.05, 0.1) is 21.8 Å². The van der Waals surface area contributed by atoms with Crippen LogP contribution in [0.15, 0.2) is 30.6 Å². The lowest BCUT2D eigenvalue weighted by atomic mass is 10.2. The van der Waals surface area contributed by atoms with Crippen molar-refractivity contribution in [3.8, 4) is 0 Å². The SMILES string of the molecule is Cc1cnn(CCC(=O)Nc2cc([N+](=O)[O-])ccc2Cl)c1. The minimum absolute atomic E-state index is 0.127. The van der Waals surface area contributed by atoms with Crippen molar-refractivity contribution in [2.45, 2.75) is 19.9 Å². The highest BCUT2D eigenvalue weighted by molar-refractivity contribution is 6.33. The Morgan fingerprint density at radius 3 is 2.90 bits per heavy atom. The molecule has 0 atom stereocenters. The first-order chi connectivity index (χ1) is 9.95. The third-order valence-corrected chi connectivity index (χ3v) is 3.09. The van der Waals surface area contributed by atoms with Gasteiger partial charge in [0.15, 0.2) is 0 Å². The summed E-state index contributed by atoms with van der Waals surface area (Å²) in [6.45, 7) is 2.33. The monoisotopic (exact) mass is 308 g/mol. The Balaban J connectivity index is 1.99. The van der Waals surface area contributed by atoms with Crippen LogP contribution in [-0.4, -0.2) is 20.6 Å². The lowest BCUT2D eigenvalue weighted by Crippen LogP contribution is -2.15. The van der Waals surface area contributed by atoms with Gasteiger partial charge in [0.25, 0.3) is 5.69 Å². The van der Waals surface area contributed by atoms with Gasteiger partial charge in [0.2, 0.25) is 5.91 Å². The number of halogens is 1. The molecule has 1 aromatic heterocycles. The van der Waals surface area contributed by atoms with E-state index in [1.807, 2.05) is 13.1 Å². The molecule has 0 spiro atoms. The van der Waals surface area contributed by atoms with Crippen molar-refractivity contribution < 1.29 is 9.72 Å². The molecule has 0 unspecified atom stereocenters. The van der Waals surface area contributed by atoms with Crippen LogP contribution in [0.4, 0.5) is 11.4 Å². The molecule has 0 saturated heterocycles. The number of hydrogen-bond donors (Lipinski definition) is 1. The molecular formula is C13H13ClN4O3. The molecular weight excluding hydrogens is 296 g/mol. The number of nitro groups is 1. The van der Waals surface area contributed by atoms with Gasteiger partial charge < -0.3 is 5.32 Å². The molecule has 0 aliphatic heterocycles. The van der Waals surface area contributed by atoms with Crippen LogP contribution in [0, 0.1) is 17.0 Å². The van der Waals surface area contributed by atoms with Gasteiger partial charge in [-0.25, -0.2) is 0 Å². The summed E-state index contributed by atoms with van der Waals surface area (Å²) in [5, 5.41) is 17.6. The smallest absolute Gasteiger partial charge is 0.271 e. The number of non-ortho nitro benzene ring substituents is 1. The first kappa shape index (κ1) is 15.0. The number of anilines is 1. The number of hydrogen-bond acceptors (Lipinski definition) is 4. The molecule has 0 saturated carbocycles. The summed E-state index contributed by atoms with van der Waals surface area (Å²) in [5.41, 5.74) is 1.11. The van der Waals surface area contributed by atoms with Gasteiger partial charge in [-0.3, -0.25) is 19.6 Å². The van der Waals surface area contributed by atoms with Crippen LogP contribution in [0.3, 0.4) is 0 Å². The van der Waals surface area contributed by atoms with Gasteiger partial charge in [0, 0.05) is 31.3 Å². The van der Waals surface area contributed by atoms with Gasteiger partial charge in [-0.2, -0.15) is 5.10 Å². The quantitative estimate of drug-likeness (QED) is 0.679. The Morgan fingerprint density at radius 2 is 2.29 bits per heavy atom. The molecule has 0 aliphatic rings. The number of aromatic nitrogens is 2. The second kappa shape index (κ2) is 6.36. The summed E-state index contributed by atoms with van der Waals surface area (Å²) in [4.78, 5) is 22.0. The number of carbonyl (C=O) groups is 1. The maximum Gasteiger partial charge on any atom is 0.271 e. The highest BCUT2D eigenvalue weighted by Crippen LogP contribution is 2.26. The van der Waals surface area contributed by atoms with E-state index in [-0.39, 0.29) is 28.7 Å². The van der Waals surface area contributed by atoms with E-state index in [2.05, 4.69) is 10.4 Å². The number of nitrogens with zero attached hydrogens (tertiary/aromatic N) is 3. The highest BCUT2D eigenvalue weighted by Gasteiger charge is 2.12. The summed E-state index contributed by atoms with van der Waals surface area (Å²) in [5.74, 6) is -0.287. The topological polar surface area (TPSA) is 90.1 Å². The molecule has 1 amide bonds. The second-order valence-electron chi connectivity index (χ2n) is 4.50. The maximum absolute atomic E-state index is 11.8. The van der Waals surface area contributed by atoms with Gasteiger partial charge in [-0.1, -0.05) is 11.6 Å². The van der Waals surface area contributed by atoms with Gasteiger partial charge in [-0.15, -0.1) is 0 Å². The van der Waals surface area contributed by atoms with E-state index in [9.17, 15) is 14.9 Å². The molecule has 0 bridgehead atoms. The molecule has 2 rings (SSSR count). The Labute approximate surface area is 125 Å². The van der Waals surface area contributed by atoms with E-state index in [0.29, 0.717) is 6.54 Å². The second-order valence-corrected chi connectivity index (χ2v) is 4.91. The maximum atomic E-state index is 11.8. The molecule has 0 radical (unpaired) electrons. The Hall–Kier alpha value is -2.41. The molecule has 7 nitrogen and oxygen atoms in total. The van der Waals surface area contributed by atoms with Crippen LogP contribution in [0.25, 0.3) is 0 Å². The van der Waals surface area contributed by atoms with Crippen LogP contribution in [0.2, 0.25) is 5.02 Å². The van der Waals surface area contributed by atoms with Crippen molar-refractivity contribution in [3.05, 3.63) is 51.3 Å². The summed E-state index contributed by atoms with van der Waals surface area (Å²) < 4.78 is 1.66. The predicted octanol–water partition coefficient (Wildman–Crippen LogP) is 2.78. The summed E-state index contributed by atoms with van der Waals surface area (Å²) in [6, 6.07) is 3.90. The molecule has 1 N–H and O–H groups in total. The van der Waals surface area contributed by atoms with Crippen LogP contribution >= 0.6 is 11.6 Å². The molecule has 8 heteroatoms. The zero-order chi connectivity index (χ0) is 15.4. The minimum atomic E-state index is -0.543. The fraction of sp³-hybridized carbons (Fsp3) is 0.231. The third kappa shape index (κ3) is 4.03. The van der Waals surface area contributed by atoms with Gasteiger partial charge in [-0.05, 0) is 18.6 Å². The Bertz CT molecular complexity index is 684. The zero-order valence-corrected chi connectivity index (χ0v) is 12.0. The molecule has 21 heavy (non-hydrogen) atoms. The predicted molar refractivity (Wildman–Crippen MR) is 78.3 cm³/mol. The Kier molecular flexibility index (Phi) is 4.54. The highest BCUT2D eigenvalue weighted by atomic mass is 35.5. The van der Waals surface area contributed by atoms with Crippen LogP contribution in [0.1, 0.15) is 12.0 Å². The van der Waals surface area contributed by atoms with E-state index in [0.717, 1.165) is 5.56 Å². The van der Waals surface area contributed by atoms with Crippen LogP contribution in [0.5, 0.6) is 0 Å². The molecule has 0 aliphatic carbocycles. The number of nitro benzene ring substituents is 1. The molecule has 110 valence electrons. The molecule has 1 heterocycles. The number of benzene rings is 1. The van der Waals surface area contributed by atoms with Crippen molar-refractivity contribution in [3.63, 3.8) is 0 Å². The van der Waals surface area contributed by atoms with E-state index < -0.39 is 4.92 Å². The van der Waals surface area contributed by atoms with E-state index in [4.69, 9.17) is 11.6 Å². The summed E-state index contributed by atoms with van der Waals surface area (Å²) in [7, 11) is 0. The van der Waals surface area contributed by atoms with Crippen LogP contribution < -0.4 is 5.32 Å². The number of rotatable bonds is 5. The van der Waals surface area contributed by atoms with Crippen molar-refractivity contribution in [2.24, 2.45) is 0 Å². The van der Waals surface area contributed by atoms with Crippen molar-refractivity contribution in [2.75, 3.05) is 5.32 Å². The minimum Gasteiger partial charge on any atom is -0.325 e. The largest absolute Gasteiger partial charge is 0.325 e. The van der Waals surface area contributed by atoms with Crippen molar-refractivity contribution >= 4 is 28.9 Å². The molecule has 0 fully saturated rings. The molecule has 2 aromatic rings. The van der Waals surface area contributed by atoms with E-state index >= 15 is 0 Å². The third-order valence-electron chi connectivity index (χ3n) is 2.77. The van der Waals surface area contributed by atoms with Crippen molar-refractivity contribution in [1.29, 1.82) is 0 Å². The lowest BCUT2D eigenvalue weighted by molar-refractivity contribution is -0.384. The average Bonchev–Trinajstić information content (AvgIpc) is 2.84. The normalized spacial score (nSPS) is 10.4. The van der Waals surface area contributed by atoms with Crippen LogP contribution in [-0.2, 0) is 11.3 Å².